The number of ketones is 1. The van der Waals surface area contributed by atoms with Crippen LogP contribution in [0.3, 0.4) is 0 Å². The normalized spacial score (nSPS) is 17.0. The standard InChI is InChI=1S/C17H17NO3/c18-9-10-20-16-8-4-2-6-13(16)17-14(19)11-12-5-1-3-7-15(12)21-17/h1-8,17H,9-11,18H2. The molecule has 4 heteroatoms. The van der Waals surface area contributed by atoms with Crippen molar-refractivity contribution < 1.29 is 14.3 Å². The third-order valence-electron chi connectivity index (χ3n) is 3.45. The van der Waals surface area contributed by atoms with Crippen LogP contribution in [0.25, 0.3) is 0 Å². The van der Waals surface area contributed by atoms with E-state index >= 15 is 0 Å². The van der Waals surface area contributed by atoms with Gasteiger partial charge in [0.25, 0.3) is 0 Å². The van der Waals surface area contributed by atoms with Crippen LogP contribution in [0.15, 0.2) is 48.5 Å². The fourth-order valence-electron chi connectivity index (χ4n) is 2.47. The molecule has 1 unspecified atom stereocenters. The maximum Gasteiger partial charge on any atom is 0.186 e. The molecule has 0 spiro atoms. The predicted octanol–water partition coefficient (Wildman–Crippen LogP) is 2.27. The third kappa shape index (κ3) is 2.76. The number of hydrogen-bond donors (Lipinski definition) is 1. The molecule has 2 aromatic rings. The Hall–Kier alpha value is -2.33. The lowest BCUT2D eigenvalue weighted by atomic mass is 9.95. The highest BCUT2D eigenvalue weighted by molar-refractivity contribution is 5.89. The van der Waals surface area contributed by atoms with Crippen LogP contribution >= 0.6 is 0 Å². The summed E-state index contributed by atoms with van der Waals surface area (Å²) in [6.45, 7) is 0.838. The number of Topliss-reactive ketones (excluding diaryl/α,β-unsaturated/α-hetero) is 1. The largest absolute Gasteiger partial charge is 0.492 e. The lowest BCUT2D eigenvalue weighted by molar-refractivity contribution is -0.126. The van der Waals surface area contributed by atoms with Crippen LogP contribution in [-0.4, -0.2) is 18.9 Å². The molecule has 2 N–H and O–H groups in total. The third-order valence-corrected chi connectivity index (χ3v) is 3.45. The van der Waals surface area contributed by atoms with Gasteiger partial charge in [-0.25, -0.2) is 0 Å². The molecule has 0 aromatic heterocycles. The Labute approximate surface area is 123 Å². The fraction of sp³-hybridized carbons (Fsp3) is 0.235. The first kappa shape index (κ1) is 13.6. The highest BCUT2D eigenvalue weighted by Crippen LogP contribution is 2.36. The highest BCUT2D eigenvalue weighted by Gasteiger charge is 2.31. The number of para-hydroxylation sites is 2. The van der Waals surface area contributed by atoms with E-state index in [1.807, 2.05) is 48.5 Å². The van der Waals surface area contributed by atoms with Crippen molar-refractivity contribution in [2.45, 2.75) is 12.5 Å². The molecule has 0 saturated carbocycles. The molecule has 0 aliphatic carbocycles. The van der Waals surface area contributed by atoms with E-state index in [0.29, 0.717) is 25.3 Å². The van der Waals surface area contributed by atoms with Crippen LogP contribution in [0.5, 0.6) is 11.5 Å². The van der Waals surface area contributed by atoms with Crippen molar-refractivity contribution in [3.05, 3.63) is 59.7 Å². The first-order valence-corrected chi connectivity index (χ1v) is 6.98. The van der Waals surface area contributed by atoms with E-state index in [0.717, 1.165) is 16.9 Å². The number of hydrogen-bond acceptors (Lipinski definition) is 4. The van der Waals surface area contributed by atoms with Gasteiger partial charge >= 0.3 is 0 Å². The molecule has 1 aliphatic heterocycles. The van der Waals surface area contributed by atoms with Crippen molar-refractivity contribution in [2.24, 2.45) is 5.73 Å². The van der Waals surface area contributed by atoms with Gasteiger partial charge < -0.3 is 15.2 Å². The lowest BCUT2D eigenvalue weighted by Crippen LogP contribution is -2.26. The molecule has 0 fully saturated rings. The smallest absolute Gasteiger partial charge is 0.186 e. The Morgan fingerprint density at radius 3 is 2.76 bits per heavy atom. The molecule has 0 saturated heterocycles. The first-order valence-electron chi connectivity index (χ1n) is 6.98. The van der Waals surface area contributed by atoms with Gasteiger partial charge in [0.05, 0.1) is 0 Å². The van der Waals surface area contributed by atoms with Gasteiger partial charge in [-0.15, -0.1) is 0 Å². The molecule has 1 aliphatic rings. The molecule has 2 aromatic carbocycles. The molecule has 1 atom stereocenters. The molecule has 0 amide bonds. The summed E-state index contributed by atoms with van der Waals surface area (Å²) in [6.07, 6.45) is -0.236. The van der Waals surface area contributed by atoms with Crippen molar-refractivity contribution in [1.82, 2.24) is 0 Å². The number of carbonyl (C=O) groups excluding carboxylic acids is 1. The molecule has 3 rings (SSSR count). The summed E-state index contributed by atoms with van der Waals surface area (Å²) >= 11 is 0. The van der Waals surface area contributed by atoms with Crippen molar-refractivity contribution in [1.29, 1.82) is 0 Å². The zero-order valence-corrected chi connectivity index (χ0v) is 11.6. The van der Waals surface area contributed by atoms with Gasteiger partial charge in [0.2, 0.25) is 0 Å². The quantitative estimate of drug-likeness (QED) is 0.935. The SMILES string of the molecule is NCCOc1ccccc1C1Oc2ccccc2CC1=O. The summed E-state index contributed by atoms with van der Waals surface area (Å²) in [4.78, 5) is 12.4. The van der Waals surface area contributed by atoms with Crippen LogP contribution in [0.4, 0.5) is 0 Å². The van der Waals surface area contributed by atoms with Gasteiger partial charge in [-0.2, -0.15) is 0 Å². The molecule has 0 radical (unpaired) electrons. The average Bonchev–Trinajstić information content (AvgIpc) is 2.52. The van der Waals surface area contributed by atoms with Gasteiger partial charge in [0.15, 0.2) is 11.9 Å². The van der Waals surface area contributed by atoms with Gasteiger partial charge in [-0.3, -0.25) is 4.79 Å². The van der Waals surface area contributed by atoms with Gasteiger partial charge in [0, 0.05) is 24.1 Å². The summed E-state index contributed by atoms with van der Waals surface area (Å²) in [5, 5.41) is 0. The van der Waals surface area contributed by atoms with Crippen LogP contribution in [0, 0.1) is 0 Å². The van der Waals surface area contributed by atoms with Gasteiger partial charge in [0.1, 0.15) is 18.1 Å². The van der Waals surface area contributed by atoms with Crippen LogP contribution in [-0.2, 0) is 11.2 Å². The number of ether oxygens (including phenoxy) is 2. The molecule has 108 valence electrons. The predicted molar refractivity (Wildman–Crippen MR) is 79.5 cm³/mol. The van der Waals surface area contributed by atoms with Crippen LogP contribution < -0.4 is 15.2 Å². The lowest BCUT2D eigenvalue weighted by Gasteiger charge is -2.26. The second-order valence-corrected chi connectivity index (χ2v) is 4.92. The second kappa shape index (κ2) is 5.97. The minimum absolute atomic E-state index is 0.0394. The van der Waals surface area contributed by atoms with Gasteiger partial charge in [-0.1, -0.05) is 36.4 Å². The van der Waals surface area contributed by atoms with E-state index in [1.165, 1.54) is 0 Å². The molecule has 21 heavy (non-hydrogen) atoms. The average molecular weight is 283 g/mol. The van der Waals surface area contributed by atoms with Crippen molar-refractivity contribution in [3.63, 3.8) is 0 Å². The summed E-state index contributed by atoms with van der Waals surface area (Å²) in [5.41, 5.74) is 7.16. The number of nitrogens with two attached hydrogens (primary N) is 1. The van der Waals surface area contributed by atoms with E-state index in [1.54, 1.807) is 0 Å². The monoisotopic (exact) mass is 283 g/mol. The Morgan fingerprint density at radius 2 is 1.90 bits per heavy atom. The van der Waals surface area contributed by atoms with Crippen LogP contribution in [0.2, 0.25) is 0 Å². The molecule has 1 heterocycles. The number of carbonyl (C=O) groups is 1. The number of fused-ring (bicyclic) bond motifs is 1. The Morgan fingerprint density at radius 1 is 1.14 bits per heavy atom. The number of benzene rings is 2. The van der Waals surface area contributed by atoms with E-state index in [9.17, 15) is 4.79 Å². The summed E-state index contributed by atoms with van der Waals surface area (Å²) < 4.78 is 11.5. The second-order valence-electron chi connectivity index (χ2n) is 4.92. The summed E-state index contributed by atoms with van der Waals surface area (Å²) in [6, 6.07) is 15.1. The van der Waals surface area contributed by atoms with Crippen molar-refractivity contribution in [2.75, 3.05) is 13.2 Å². The summed E-state index contributed by atoms with van der Waals surface area (Å²) in [7, 11) is 0. The minimum atomic E-state index is -0.617. The fourth-order valence-corrected chi connectivity index (χ4v) is 2.47. The zero-order valence-electron chi connectivity index (χ0n) is 11.6. The highest BCUT2D eigenvalue weighted by atomic mass is 16.5. The van der Waals surface area contributed by atoms with E-state index in [-0.39, 0.29) is 5.78 Å². The number of rotatable bonds is 4. The maximum absolute atomic E-state index is 12.4. The minimum Gasteiger partial charge on any atom is -0.492 e. The Balaban J connectivity index is 1.92. The maximum atomic E-state index is 12.4. The topological polar surface area (TPSA) is 61.6 Å². The van der Waals surface area contributed by atoms with E-state index in [4.69, 9.17) is 15.2 Å². The van der Waals surface area contributed by atoms with Crippen molar-refractivity contribution in [3.8, 4) is 11.5 Å². The van der Waals surface area contributed by atoms with E-state index < -0.39 is 6.10 Å². The first-order chi connectivity index (χ1) is 10.3. The zero-order chi connectivity index (χ0) is 14.7. The summed E-state index contributed by atoms with van der Waals surface area (Å²) in [5.74, 6) is 1.45. The molecular weight excluding hydrogens is 266 g/mol. The molecular formula is C17H17NO3. The Kier molecular flexibility index (Phi) is 3.88. The Bertz CT molecular complexity index is 654. The molecule has 0 bridgehead atoms. The van der Waals surface area contributed by atoms with E-state index in [2.05, 4.69) is 0 Å². The van der Waals surface area contributed by atoms with Gasteiger partial charge in [-0.05, 0) is 12.1 Å². The molecule has 4 nitrogen and oxygen atoms in total. The van der Waals surface area contributed by atoms with Crippen LogP contribution in [0.1, 0.15) is 17.2 Å². The van der Waals surface area contributed by atoms with Crippen molar-refractivity contribution >= 4 is 5.78 Å².